The van der Waals surface area contributed by atoms with E-state index in [1.165, 1.54) is 13.1 Å². The molecule has 1 fully saturated rings. The topological polar surface area (TPSA) is 114 Å². The van der Waals surface area contributed by atoms with Gasteiger partial charge >= 0.3 is 22.4 Å². The van der Waals surface area contributed by atoms with Crippen LogP contribution in [-0.2, 0) is 26.9 Å². The molecule has 1 aliphatic heterocycles. The molecule has 1 aliphatic rings. The zero-order valence-corrected chi connectivity index (χ0v) is 21.3. The Hall–Kier alpha value is -3.64. The molecule has 0 radical (unpaired) electrons. The summed E-state index contributed by atoms with van der Waals surface area (Å²) in [7, 11) is -4.16. The molecule has 2 heterocycles. The van der Waals surface area contributed by atoms with E-state index in [9.17, 15) is 44.3 Å². The highest BCUT2D eigenvalue weighted by Gasteiger charge is 2.47. The second-order valence-electron chi connectivity index (χ2n) is 8.34. The largest absolute Gasteiger partial charge is 0.493 e. The average molecular weight is 618 g/mol. The van der Waals surface area contributed by atoms with Crippen molar-refractivity contribution < 1.29 is 48.8 Å². The van der Waals surface area contributed by atoms with Crippen LogP contribution in [0, 0.1) is 17.5 Å². The molecular weight excluding hydrogens is 603 g/mol. The summed E-state index contributed by atoms with van der Waals surface area (Å²) >= 11 is 6.21. The van der Waals surface area contributed by atoms with Crippen LogP contribution in [-0.4, -0.2) is 53.7 Å². The maximum absolute atomic E-state index is 15.6. The van der Waals surface area contributed by atoms with Crippen LogP contribution in [0.1, 0.15) is 6.42 Å². The molecule has 0 amide bonds. The molecule has 2 aromatic carbocycles. The van der Waals surface area contributed by atoms with Crippen molar-refractivity contribution in [1.29, 1.82) is 0 Å². The highest BCUT2D eigenvalue weighted by molar-refractivity contribution is 7.90. The van der Waals surface area contributed by atoms with Gasteiger partial charge in [-0.15, -0.1) is 0 Å². The summed E-state index contributed by atoms with van der Waals surface area (Å²) in [6.07, 6.45) is -6.81. The summed E-state index contributed by atoms with van der Waals surface area (Å²) in [4.78, 5) is 31.9. The number of fused-ring (bicyclic) bond motifs is 1. The Labute approximate surface area is 224 Å². The number of anilines is 3. The SMILES string of the molecule is Cn1cnc2ccc(Nc3c(F)c(F)cc(N(OC(=O)C(F)(F)F)S(=O)(=O)N4CC[C@@H](F)C4)c3F)c(Cl)c2c1=O. The number of hydrogen-bond donors (Lipinski definition) is 1. The van der Waals surface area contributed by atoms with Crippen molar-refractivity contribution in [2.45, 2.75) is 18.8 Å². The van der Waals surface area contributed by atoms with Crippen molar-refractivity contribution >= 4 is 55.7 Å². The van der Waals surface area contributed by atoms with Gasteiger partial charge in [0.25, 0.3) is 5.56 Å². The fraction of sp³-hybridized carbons (Fsp3) is 0.286. The Morgan fingerprint density at radius 1 is 1.23 bits per heavy atom. The summed E-state index contributed by atoms with van der Waals surface area (Å²) in [5.74, 6) is -9.20. The number of aromatic nitrogens is 2. The normalized spacial score (nSPS) is 16.4. The lowest BCUT2D eigenvalue weighted by Gasteiger charge is -2.28. The van der Waals surface area contributed by atoms with Crippen molar-refractivity contribution in [2.75, 3.05) is 22.9 Å². The molecule has 0 aliphatic carbocycles. The van der Waals surface area contributed by atoms with Gasteiger partial charge in [0.1, 0.15) is 17.5 Å². The zero-order chi connectivity index (χ0) is 29.7. The molecule has 10 nitrogen and oxygen atoms in total. The smallest absolute Gasteiger partial charge is 0.349 e. The Bertz CT molecular complexity index is 1690. The first kappa shape index (κ1) is 29.3. The number of carbonyl (C=O) groups is 1. The van der Waals surface area contributed by atoms with Crippen molar-refractivity contribution in [2.24, 2.45) is 7.05 Å². The number of alkyl halides is 4. The molecule has 1 N–H and O–H groups in total. The fourth-order valence-electron chi connectivity index (χ4n) is 3.67. The molecule has 216 valence electrons. The van der Waals surface area contributed by atoms with Gasteiger partial charge in [-0.3, -0.25) is 4.79 Å². The third kappa shape index (κ3) is 5.25. The molecule has 0 spiro atoms. The third-order valence-electron chi connectivity index (χ3n) is 5.64. The van der Waals surface area contributed by atoms with Gasteiger partial charge in [-0.05, 0) is 18.6 Å². The Balaban J connectivity index is 1.87. The molecule has 1 aromatic heterocycles. The predicted octanol–water partition coefficient (Wildman–Crippen LogP) is 3.86. The van der Waals surface area contributed by atoms with Gasteiger partial charge in [0.2, 0.25) is 0 Å². The molecule has 0 unspecified atom stereocenters. The number of nitrogens with zero attached hydrogens (tertiary/aromatic N) is 4. The van der Waals surface area contributed by atoms with E-state index < -0.39 is 97.6 Å². The Morgan fingerprint density at radius 2 is 1.90 bits per heavy atom. The first-order valence-electron chi connectivity index (χ1n) is 10.9. The lowest BCUT2D eigenvalue weighted by Crippen LogP contribution is -2.46. The van der Waals surface area contributed by atoms with Gasteiger partial charge in [0.05, 0.1) is 27.9 Å². The third-order valence-corrected chi connectivity index (χ3v) is 7.71. The zero-order valence-electron chi connectivity index (χ0n) is 19.8. The summed E-state index contributed by atoms with van der Waals surface area (Å²) < 4.78 is 124. The van der Waals surface area contributed by atoms with Gasteiger partial charge in [0.15, 0.2) is 17.5 Å². The van der Waals surface area contributed by atoms with E-state index >= 15 is 4.39 Å². The van der Waals surface area contributed by atoms with Crippen molar-refractivity contribution in [3.05, 3.63) is 57.4 Å². The van der Waals surface area contributed by atoms with Crippen molar-refractivity contribution in [3.8, 4) is 0 Å². The lowest BCUT2D eigenvalue weighted by atomic mass is 10.2. The number of nitrogens with one attached hydrogen (secondary N) is 1. The van der Waals surface area contributed by atoms with E-state index in [0.717, 1.165) is 17.0 Å². The standard InChI is InChI=1S/C21H15ClF7N5O5S/c1-32-8-30-11-2-3-12(15(22)14(11)19(32)35)31-18-16(25)10(24)6-13(17(18)26)34(39-20(36)21(27,28)29)40(37,38)33-5-4-9(23)7-33/h2-3,6,8-9,31H,4-5,7H2,1H3/t9-/m1/s1. The van der Waals surface area contributed by atoms with Crippen LogP contribution >= 0.6 is 11.6 Å². The first-order valence-corrected chi connectivity index (χ1v) is 12.6. The lowest BCUT2D eigenvalue weighted by molar-refractivity contribution is -0.199. The second-order valence-corrected chi connectivity index (χ2v) is 10.5. The highest BCUT2D eigenvalue weighted by Crippen LogP contribution is 2.38. The highest BCUT2D eigenvalue weighted by atomic mass is 35.5. The van der Waals surface area contributed by atoms with Crippen LogP contribution in [0.3, 0.4) is 0 Å². The van der Waals surface area contributed by atoms with Gasteiger partial charge in [0, 0.05) is 26.2 Å². The van der Waals surface area contributed by atoms with Gasteiger partial charge in [-0.1, -0.05) is 16.1 Å². The van der Waals surface area contributed by atoms with Crippen LogP contribution in [0.2, 0.25) is 5.02 Å². The average Bonchev–Trinajstić information content (AvgIpc) is 3.32. The number of carbonyl (C=O) groups excluding carboxylic acids is 1. The molecule has 1 saturated heterocycles. The van der Waals surface area contributed by atoms with Crippen LogP contribution < -0.4 is 15.3 Å². The van der Waals surface area contributed by atoms with Crippen molar-refractivity contribution in [1.82, 2.24) is 13.9 Å². The molecule has 40 heavy (non-hydrogen) atoms. The Kier molecular flexibility index (Phi) is 7.63. The van der Waals surface area contributed by atoms with Gasteiger partial charge in [-0.2, -0.15) is 25.9 Å². The molecular formula is C21H15ClF7N5O5S. The summed E-state index contributed by atoms with van der Waals surface area (Å²) in [6.45, 7) is -1.52. The Morgan fingerprint density at radius 3 is 2.50 bits per heavy atom. The van der Waals surface area contributed by atoms with Crippen LogP contribution in [0.25, 0.3) is 10.9 Å². The van der Waals surface area contributed by atoms with E-state index in [4.69, 9.17) is 11.6 Å². The van der Waals surface area contributed by atoms with E-state index in [0.29, 0.717) is 0 Å². The second kappa shape index (κ2) is 10.4. The number of hydrogen-bond acceptors (Lipinski definition) is 7. The monoisotopic (exact) mass is 617 g/mol. The van der Waals surface area contributed by atoms with Crippen molar-refractivity contribution in [3.63, 3.8) is 0 Å². The molecule has 0 saturated carbocycles. The minimum absolute atomic E-state index is 0.0626. The summed E-state index contributed by atoms with van der Waals surface area (Å²) in [6, 6.07) is 2.09. The maximum atomic E-state index is 15.6. The maximum Gasteiger partial charge on any atom is 0.493 e. The molecule has 4 rings (SSSR count). The predicted molar refractivity (Wildman–Crippen MR) is 126 cm³/mol. The fourth-order valence-corrected chi connectivity index (χ4v) is 5.40. The number of halogens is 8. The number of rotatable bonds is 6. The summed E-state index contributed by atoms with van der Waals surface area (Å²) in [5.41, 5.74) is -4.23. The quantitative estimate of drug-likeness (QED) is 0.254. The molecule has 1 atom stereocenters. The van der Waals surface area contributed by atoms with Crippen LogP contribution in [0.15, 0.2) is 29.3 Å². The van der Waals surface area contributed by atoms with E-state index in [1.807, 2.05) is 5.32 Å². The number of benzene rings is 2. The molecule has 0 bridgehead atoms. The van der Waals surface area contributed by atoms with E-state index in [2.05, 4.69) is 9.82 Å². The van der Waals surface area contributed by atoms with E-state index in [1.54, 1.807) is 0 Å². The van der Waals surface area contributed by atoms with Crippen LogP contribution in [0.4, 0.5) is 47.8 Å². The first-order chi connectivity index (χ1) is 18.5. The minimum Gasteiger partial charge on any atom is -0.349 e. The summed E-state index contributed by atoms with van der Waals surface area (Å²) in [5, 5.41) is 1.36. The number of aryl methyl sites for hydroxylation is 1. The van der Waals surface area contributed by atoms with Crippen LogP contribution in [0.5, 0.6) is 0 Å². The molecule has 19 heteroatoms. The minimum atomic E-state index is -5.81. The molecule has 3 aromatic rings. The van der Waals surface area contributed by atoms with Gasteiger partial charge < -0.3 is 14.7 Å². The van der Waals surface area contributed by atoms with Gasteiger partial charge in [-0.25, -0.2) is 27.3 Å². The van der Waals surface area contributed by atoms with E-state index in [-0.39, 0.29) is 21.3 Å².